The lowest BCUT2D eigenvalue weighted by Gasteiger charge is -2.24. The molecule has 2 heterocycles. The van der Waals surface area contributed by atoms with E-state index in [0.717, 1.165) is 53.4 Å². The smallest absolute Gasteiger partial charge is 0.128 e. The van der Waals surface area contributed by atoms with Crippen molar-refractivity contribution in [3.63, 3.8) is 0 Å². The summed E-state index contributed by atoms with van der Waals surface area (Å²) in [4.78, 5) is 9.31. The number of aromatic nitrogens is 1. The zero-order valence-electron chi connectivity index (χ0n) is 20.3. The van der Waals surface area contributed by atoms with Gasteiger partial charge in [-0.1, -0.05) is 33.8 Å². The van der Waals surface area contributed by atoms with Gasteiger partial charge < -0.3 is 21.3 Å². The molecule has 0 fully saturated rings. The standard InChI is InChI=1S/C25H40N6/c1-8-10-22(28-9-2)23-20(21(26-7)11-12-29-23)16-27-14-19-13-18(3)24(30-15-19)31-17-25(4,5)6/h10-13,15-16,21,26-28H,8-9,14,17H2,1-7H3,(H,30,31)/b20-16+,22-10+. The molecule has 0 aliphatic carbocycles. The topological polar surface area (TPSA) is 73.4 Å². The predicted octanol–water partition coefficient (Wildman–Crippen LogP) is 4.28. The van der Waals surface area contributed by atoms with Gasteiger partial charge in [0.15, 0.2) is 0 Å². The number of hydrogen-bond donors (Lipinski definition) is 4. The van der Waals surface area contributed by atoms with E-state index in [1.54, 1.807) is 0 Å². The van der Waals surface area contributed by atoms with Gasteiger partial charge >= 0.3 is 0 Å². The van der Waals surface area contributed by atoms with Crippen LogP contribution in [-0.2, 0) is 6.54 Å². The first-order valence-corrected chi connectivity index (χ1v) is 11.3. The Morgan fingerprint density at radius 3 is 2.61 bits per heavy atom. The number of aryl methyl sites for hydroxylation is 1. The second-order valence-corrected chi connectivity index (χ2v) is 9.05. The summed E-state index contributed by atoms with van der Waals surface area (Å²) in [5.41, 5.74) is 5.71. The minimum atomic E-state index is 0.114. The van der Waals surface area contributed by atoms with E-state index in [9.17, 15) is 0 Å². The van der Waals surface area contributed by atoms with E-state index in [1.165, 1.54) is 0 Å². The quantitative estimate of drug-likeness (QED) is 0.451. The van der Waals surface area contributed by atoms with Gasteiger partial charge in [-0.05, 0) is 56.0 Å². The summed E-state index contributed by atoms with van der Waals surface area (Å²) >= 11 is 0. The molecule has 0 spiro atoms. The van der Waals surface area contributed by atoms with Gasteiger partial charge in [0.05, 0.1) is 17.5 Å². The zero-order chi connectivity index (χ0) is 22.9. The molecular formula is C25H40N6. The van der Waals surface area contributed by atoms with Crippen molar-refractivity contribution in [2.45, 2.75) is 60.5 Å². The zero-order valence-corrected chi connectivity index (χ0v) is 20.3. The molecule has 0 radical (unpaired) electrons. The highest BCUT2D eigenvalue weighted by molar-refractivity contribution is 6.13. The summed E-state index contributed by atoms with van der Waals surface area (Å²) in [6.07, 6.45) is 11.1. The van der Waals surface area contributed by atoms with Crippen molar-refractivity contribution >= 4 is 11.5 Å². The third-order valence-electron chi connectivity index (χ3n) is 4.92. The maximum atomic E-state index is 4.67. The van der Waals surface area contributed by atoms with Gasteiger partial charge in [0, 0.05) is 43.8 Å². The normalized spacial score (nSPS) is 18.2. The van der Waals surface area contributed by atoms with Crippen LogP contribution >= 0.6 is 0 Å². The van der Waals surface area contributed by atoms with Gasteiger partial charge in [-0.3, -0.25) is 4.99 Å². The first kappa shape index (κ1) is 24.7. The van der Waals surface area contributed by atoms with Crippen LogP contribution in [0.2, 0.25) is 0 Å². The van der Waals surface area contributed by atoms with Gasteiger partial charge in [0.25, 0.3) is 0 Å². The van der Waals surface area contributed by atoms with Gasteiger partial charge in [-0.25, -0.2) is 4.98 Å². The third kappa shape index (κ3) is 7.55. The van der Waals surface area contributed by atoms with Crippen molar-refractivity contribution in [2.24, 2.45) is 10.4 Å². The molecule has 170 valence electrons. The van der Waals surface area contributed by atoms with Crippen LogP contribution in [0.1, 0.15) is 52.2 Å². The Kier molecular flexibility index (Phi) is 9.31. The Morgan fingerprint density at radius 1 is 1.23 bits per heavy atom. The average molecular weight is 425 g/mol. The van der Waals surface area contributed by atoms with Crippen LogP contribution in [0.25, 0.3) is 0 Å². The van der Waals surface area contributed by atoms with Crippen molar-refractivity contribution in [3.8, 4) is 0 Å². The van der Waals surface area contributed by atoms with Crippen LogP contribution in [0.3, 0.4) is 0 Å². The lowest BCUT2D eigenvalue weighted by molar-refractivity contribution is 0.442. The number of allylic oxidation sites excluding steroid dienone is 2. The Balaban J connectivity index is 2.13. The number of nitrogens with one attached hydrogen (secondary N) is 4. The Morgan fingerprint density at radius 2 is 2.00 bits per heavy atom. The number of rotatable bonds is 10. The molecule has 6 heteroatoms. The van der Waals surface area contributed by atoms with Gasteiger partial charge in [-0.2, -0.15) is 0 Å². The fourth-order valence-corrected chi connectivity index (χ4v) is 3.35. The summed E-state index contributed by atoms with van der Waals surface area (Å²) in [5, 5.41) is 13.7. The number of aliphatic imine (C=N–C) groups is 1. The highest BCUT2D eigenvalue weighted by Crippen LogP contribution is 2.19. The molecule has 0 bridgehead atoms. The van der Waals surface area contributed by atoms with Gasteiger partial charge in [-0.15, -0.1) is 0 Å². The molecule has 2 rings (SSSR count). The lowest BCUT2D eigenvalue weighted by Crippen LogP contribution is -2.35. The number of anilines is 1. The van der Waals surface area contributed by atoms with Gasteiger partial charge in [0.1, 0.15) is 5.82 Å². The average Bonchev–Trinajstić information content (AvgIpc) is 2.72. The molecule has 0 saturated carbocycles. The van der Waals surface area contributed by atoms with Crippen molar-refractivity contribution in [2.75, 3.05) is 25.5 Å². The predicted molar refractivity (Wildman–Crippen MR) is 133 cm³/mol. The van der Waals surface area contributed by atoms with Crippen molar-refractivity contribution in [1.82, 2.24) is 20.9 Å². The Labute approximate surface area is 188 Å². The van der Waals surface area contributed by atoms with Crippen molar-refractivity contribution in [3.05, 3.63) is 59.2 Å². The molecule has 6 nitrogen and oxygen atoms in total. The maximum absolute atomic E-state index is 4.67. The summed E-state index contributed by atoms with van der Waals surface area (Å²) in [6, 6.07) is 2.30. The van der Waals surface area contributed by atoms with E-state index >= 15 is 0 Å². The van der Waals surface area contributed by atoms with Crippen LogP contribution in [-0.4, -0.2) is 36.9 Å². The van der Waals surface area contributed by atoms with E-state index in [4.69, 9.17) is 0 Å². The van der Waals surface area contributed by atoms with E-state index < -0.39 is 0 Å². The van der Waals surface area contributed by atoms with Crippen LogP contribution in [0, 0.1) is 12.3 Å². The second-order valence-electron chi connectivity index (χ2n) is 9.05. The third-order valence-corrected chi connectivity index (χ3v) is 4.92. The van der Waals surface area contributed by atoms with E-state index in [1.807, 2.05) is 19.4 Å². The Bertz CT molecular complexity index is 842. The highest BCUT2D eigenvalue weighted by Gasteiger charge is 2.21. The molecule has 0 saturated heterocycles. The summed E-state index contributed by atoms with van der Waals surface area (Å²) in [7, 11) is 1.97. The molecule has 1 atom stereocenters. The van der Waals surface area contributed by atoms with Crippen LogP contribution in [0.15, 0.2) is 53.1 Å². The number of nitrogens with zero attached hydrogens (tertiary/aromatic N) is 2. The number of pyridine rings is 1. The minimum Gasteiger partial charge on any atom is -0.386 e. The monoisotopic (exact) mass is 424 g/mol. The van der Waals surface area contributed by atoms with E-state index in [2.05, 4.69) is 97.2 Å². The highest BCUT2D eigenvalue weighted by atomic mass is 15.0. The lowest BCUT2D eigenvalue weighted by atomic mass is 9.97. The van der Waals surface area contributed by atoms with Crippen LogP contribution < -0.4 is 21.3 Å². The molecule has 1 aliphatic heterocycles. The molecule has 31 heavy (non-hydrogen) atoms. The molecular weight excluding hydrogens is 384 g/mol. The number of likely N-dealkylation sites (N-methyl/N-ethyl adjacent to an activating group) is 1. The van der Waals surface area contributed by atoms with E-state index in [-0.39, 0.29) is 11.5 Å². The molecule has 4 N–H and O–H groups in total. The number of hydrogen-bond acceptors (Lipinski definition) is 6. The summed E-state index contributed by atoms with van der Waals surface area (Å²) in [5.74, 6) is 0.957. The second kappa shape index (κ2) is 11.7. The fourth-order valence-electron chi connectivity index (χ4n) is 3.35. The Hall–Kier alpha value is -2.60. The van der Waals surface area contributed by atoms with E-state index in [0.29, 0.717) is 6.54 Å². The SMILES string of the molecule is CC/C=C(/NCC)C1=NC=CC(NC)/C1=C\NCc1cnc(NCC(C)(C)C)c(C)c1. The fraction of sp³-hybridized carbons (Fsp3) is 0.520. The molecule has 1 aliphatic rings. The first-order chi connectivity index (χ1) is 14.8. The van der Waals surface area contributed by atoms with Gasteiger partial charge in [0.2, 0.25) is 0 Å². The minimum absolute atomic E-state index is 0.114. The first-order valence-electron chi connectivity index (χ1n) is 11.3. The molecule has 0 amide bonds. The van der Waals surface area contributed by atoms with Crippen LogP contribution in [0.5, 0.6) is 0 Å². The maximum Gasteiger partial charge on any atom is 0.128 e. The molecule has 1 aromatic rings. The summed E-state index contributed by atoms with van der Waals surface area (Å²) < 4.78 is 0. The molecule has 1 aromatic heterocycles. The van der Waals surface area contributed by atoms with Crippen molar-refractivity contribution in [1.29, 1.82) is 0 Å². The largest absolute Gasteiger partial charge is 0.386 e. The van der Waals surface area contributed by atoms with Crippen molar-refractivity contribution < 1.29 is 0 Å². The van der Waals surface area contributed by atoms with Crippen LogP contribution in [0.4, 0.5) is 5.82 Å². The molecule has 1 unspecified atom stereocenters. The summed E-state index contributed by atoms with van der Waals surface area (Å²) in [6.45, 7) is 15.5. The molecule has 0 aromatic carbocycles.